The molecule has 1 unspecified atom stereocenters. The zero-order valence-corrected chi connectivity index (χ0v) is 14.2. The Hall–Kier alpha value is -1.78. The van der Waals surface area contributed by atoms with E-state index >= 15 is 0 Å². The topological polar surface area (TPSA) is 147 Å². The van der Waals surface area contributed by atoms with Crippen molar-refractivity contribution in [3.05, 3.63) is 12.2 Å². The molecule has 0 saturated carbocycles. The van der Waals surface area contributed by atoms with Gasteiger partial charge in [0.2, 0.25) is 0 Å². The van der Waals surface area contributed by atoms with E-state index in [2.05, 4.69) is 0 Å². The fourth-order valence-corrected chi connectivity index (χ4v) is 4.48. The molecule has 1 aliphatic rings. The third kappa shape index (κ3) is 3.95. The predicted molar refractivity (Wildman–Crippen MR) is 81.1 cm³/mol. The molecule has 1 aliphatic heterocycles. The lowest BCUT2D eigenvalue weighted by Crippen LogP contribution is -2.56. The number of hydrogen-bond donors (Lipinski definition) is 3. The minimum atomic E-state index is -4.75. The van der Waals surface area contributed by atoms with Crippen LogP contribution in [0.3, 0.4) is 0 Å². The molecule has 0 bridgehead atoms. The van der Waals surface area contributed by atoms with Crippen molar-refractivity contribution in [3.63, 3.8) is 0 Å². The van der Waals surface area contributed by atoms with E-state index in [0.717, 1.165) is 17.1 Å². The Morgan fingerprint density at radius 2 is 1.70 bits per heavy atom. The van der Waals surface area contributed by atoms with Gasteiger partial charge in [0.25, 0.3) is 27.8 Å². The largest absolute Gasteiger partial charge is 0.293 e. The molecule has 0 aromatic carbocycles. The van der Waals surface area contributed by atoms with Gasteiger partial charge in [0.05, 0.1) is 0 Å². The Morgan fingerprint density at radius 1 is 1.26 bits per heavy atom. The Kier molecular flexibility index (Phi) is 5.04. The first-order chi connectivity index (χ1) is 10.2. The van der Waals surface area contributed by atoms with Gasteiger partial charge in [-0.1, -0.05) is 13.8 Å². The summed E-state index contributed by atoms with van der Waals surface area (Å²) in [6, 6.07) is 0. The lowest BCUT2D eigenvalue weighted by molar-refractivity contribution is -0.143. The standard InChI is InChI=1S/C13H21N3O6S/c1-12(2,10(11(19)15-14)23(20,21)22)7-13(3,4)16-8(17)5-6-9(16)18/h5-6,10H,7,14H2,1-4H3,(H,15,19)(H,20,21,22). The number of hydrogen-bond acceptors (Lipinski definition) is 6. The van der Waals surface area contributed by atoms with Crippen molar-refractivity contribution >= 4 is 27.8 Å². The predicted octanol–water partition coefficient (Wildman–Crippen LogP) is -0.647. The van der Waals surface area contributed by atoms with E-state index in [1.54, 1.807) is 19.3 Å². The summed E-state index contributed by atoms with van der Waals surface area (Å²) in [7, 11) is -4.75. The highest BCUT2D eigenvalue weighted by Gasteiger charge is 2.49. The molecular formula is C13H21N3O6S. The molecule has 23 heavy (non-hydrogen) atoms. The number of carbonyl (C=O) groups is 3. The van der Waals surface area contributed by atoms with Crippen molar-refractivity contribution in [2.75, 3.05) is 0 Å². The summed E-state index contributed by atoms with van der Waals surface area (Å²) in [5, 5.41) is -1.85. The monoisotopic (exact) mass is 347 g/mol. The minimum absolute atomic E-state index is 0.0585. The summed E-state index contributed by atoms with van der Waals surface area (Å²) in [4.78, 5) is 36.4. The van der Waals surface area contributed by atoms with Crippen LogP contribution < -0.4 is 11.3 Å². The Labute approximate surface area is 134 Å². The lowest BCUT2D eigenvalue weighted by Gasteiger charge is -2.41. The first-order valence-electron chi connectivity index (χ1n) is 6.77. The van der Waals surface area contributed by atoms with Crippen molar-refractivity contribution in [2.45, 2.75) is 44.9 Å². The molecular weight excluding hydrogens is 326 g/mol. The molecule has 0 aliphatic carbocycles. The number of nitrogens with zero attached hydrogens (tertiary/aromatic N) is 1. The first-order valence-corrected chi connectivity index (χ1v) is 8.27. The molecule has 0 spiro atoms. The maximum absolute atomic E-state index is 11.8. The van der Waals surface area contributed by atoms with Crippen LogP contribution in [-0.2, 0) is 24.5 Å². The van der Waals surface area contributed by atoms with Gasteiger partial charge in [-0.15, -0.1) is 0 Å². The molecule has 130 valence electrons. The fourth-order valence-electron chi connectivity index (χ4n) is 3.25. The highest BCUT2D eigenvalue weighted by Crippen LogP contribution is 2.38. The third-order valence-corrected chi connectivity index (χ3v) is 5.14. The van der Waals surface area contributed by atoms with Crippen molar-refractivity contribution < 1.29 is 27.4 Å². The Morgan fingerprint density at radius 3 is 2.04 bits per heavy atom. The van der Waals surface area contributed by atoms with Gasteiger partial charge in [-0.05, 0) is 25.7 Å². The maximum atomic E-state index is 11.8. The second-order valence-corrected chi connectivity index (χ2v) is 8.23. The molecule has 0 aromatic rings. The number of carbonyl (C=O) groups excluding carboxylic acids is 3. The van der Waals surface area contributed by atoms with E-state index < -0.39 is 44.0 Å². The molecule has 1 heterocycles. The molecule has 0 radical (unpaired) electrons. The van der Waals surface area contributed by atoms with E-state index in [-0.39, 0.29) is 6.42 Å². The number of amides is 3. The lowest BCUT2D eigenvalue weighted by atomic mass is 9.76. The number of nitrogens with one attached hydrogen (secondary N) is 1. The van der Waals surface area contributed by atoms with Crippen LogP contribution >= 0.6 is 0 Å². The molecule has 0 fully saturated rings. The van der Waals surface area contributed by atoms with E-state index in [0.29, 0.717) is 0 Å². The van der Waals surface area contributed by atoms with E-state index in [9.17, 15) is 27.4 Å². The van der Waals surface area contributed by atoms with Crippen molar-refractivity contribution in [1.82, 2.24) is 10.3 Å². The molecule has 0 aromatic heterocycles. The fraction of sp³-hybridized carbons (Fsp3) is 0.615. The normalized spacial score (nSPS) is 17.6. The minimum Gasteiger partial charge on any atom is -0.293 e. The van der Waals surface area contributed by atoms with Crippen LogP contribution in [0, 0.1) is 5.41 Å². The summed E-state index contributed by atoms with van der Waals surface area (Å²) in [5.41, 5.74) is -0.687. The van der Waals surface area contributed by atoms with Crippen LogP contribution in [0.5, 0.6) is 0 Å². The molecule has 1 atom stereocenters. The van der Waals surface area contributed by atoms with Gasteiger partial charge in [-0.25, -0.2) is 5.84 Å². The smallest absolute Gasteiger partial charge is 0.277 e. The van der Waals surface area contributed by atoms with Gasteiger partial charge in [-0.3, -0.25) is 29.3 Å². The summed E-state index contributed by atoms with van der Waals surface area (Å²) in [6.45, 7) is 6.00. The van der Waals surface area contributed by atoms with E-state index in [4.69, 9.17) is 5.84 Å². The molecule has 1 rings (SSSR count). The molecule has 0 saturated heterocycles. The quantitative estimate of drug-likeness (QED) is 0.190. The van der Waals surface area contributed by atoms with Crippen molar-refractivity contribution in [2.24, 2.45) is 11.3 Å². The van der Waals surface area contributed by atoms with Crippen LogP contribution in [-0.4, -0.2) is 46.4 Å². The average Bonchev–Trinajstić information content (AvgIpc) is 2.65. The maximum Gasteiger partial charge on any atom is 0.277 e. The van der Waals surface area contributed by atoms with Gasteiger partial charge in [0.1, 0.15) is 0 Å². The van der Waals surface area contributed by atoms with Crippen LogP contribution in [0.15, 0.2) is 12.2 Å². The summed E-state index contributed by atoms with van der Waals surface area (Å²) in [5.74, 6) is 2.86. The third-order valence-electron chi connectivity index (χ3n) is 3.69. The highest BCUT2D eigenvalue weighted by atomic mass is 32.2. The first kappa shape index (κ1) is 19.3. The van der Waals surface area contributed by atoms with Gasteiger partial charge in [-0.2, -0.15) is 8.42 Å². The number of nitrogens with two attached hydrogens (primary N) is 1. The summed E-state index contributed by atoms with van der Waals surface area (Å²) >= 11 is 0. The van der Waals surface area contributed by atoms with Gasteiger partial charge in [0, 0.05) is 17.7 Å². The zero-order chi connectivity index (χ0) is 18.2. The van der Waals surface area contributed by atoms with Gasteiger partial charge in [0.15, 0.2) is 5.25 Å². The van der Waals surface area contributed by atoms with Gasteiger partial charge >= 0.3 is 0 Å². The van der Waals surface area contributed by atoms with E-state index in [1.165, 1.54) is 13.8 Å². The van der Waals surface area contributed by atoms with Crippen LogP contribution in [0.25, 0.3) is 0 Å². The Balaban J connectivity index is 3.19. The van der Waals surface area contributed by atoms with Crippen LogP contribution in [0.4, 0.5) is 0 Å². The van der Waals surface area contributed by atoms with Crippen LogP contribution in [0.1, 0.15) is 34.1 Å². The molecule has 4 N–H and O–H groups in total. The second-order valence-electron chi connectivity index (χ2n) is 6.73. The van der Waals surface area contributed by atoms with Crippen molar-refractivity contribution in [3.8, 4) is 0 Å². The SMILES string of the molecule is CC(C)(CC(C)(C)N1C(=O)C=CC1=O)C(C(=O)NN)S(=O)(=O)O. The molecule has 3 amide bonds. The summed E-state index contributed by atoms with van der Waals surface area (Å²) < 4.78 is 32.6. The van der Waals surface area contributed by atoms with Crippen molar-refractivity contribution in [1.29, 1.82) is 0 Å². The van der Waals surface area contributed by atoms with Crippen LogP contribution in [0.2, 0.25) is 0 Å². The number of imide groups is 1. The zero-order valence-electron chi connectivity index (χ0n) is 13.4. The number of hydrazine groups is 1. The molecule has 10 heteroatoms. The average molecular weight is 347 g/mol. The summed E-state index contributed by atoms with van der Waals surface area (Å²) in [6.07, 6.45) is 2.17. The second kappa shape index (κ2) is 6.02. The van der Waals surface area contributed by atoms with E-state index in [1.807, 2.05) is 0 Å². The number of rotatable bonds is 6. The highest BCUT2D eigenvalue weighted by molar-refractivity contribution is 7.87. The van der Waals surface area contributed by atoms with Gasteiger partial charge < -0.3 is 0 Å². The molecule has 9 nitrogen and oxygen atoms in total. The Bertz CT molecular complexity index is 647.